The highest BCUT2D eigenvalue weighted by molar-refractivity contribution is 5.87. The Morgan fingerprint density at radius 1 is 1.14 bits per heavy atom. The number of hydrogen-bond donors (Lipinski definition) is 2. The fourth-order valence-corrected chi connectivity index (χ4v) is 4.97. The fraction of sp³-hybridized carbons (Fsp3) is 0.478. The minimum atomic E-state index is -0.535. The molecule has 2 heterocycles. The predicted molar refractivity (Wildman–Crippen MR) is 110 cm³/mol. The van der Waals surface area contributed by atoms with Gasteiger partial charge in [0.25, 0.3) is 0 Å². The van der Waals surface area contributed by atoms with Gasteiger partial charge in [0.15, 0.2) is 0 Å². The SMILES string of the molecule is CC(=O)Nc1ccc(CCN2C[C@@H]3C[C@@](O)(Cc4ccccc4)C[C@@H]3C2)cn1. The molecule has 1 saturated carbocycles. The van der Waals surface area contributed by atoms with Crippen molar-refractivity contribution in [2.24, 2.45) is 11.8 Å². The van der Waals surface area contributed by atoms with E-state index in [-0.39, 0.29) is 5.91 Å². The average molecular weight is 380 g/mol. The number of hydrogen-bond acceptors (Lipinski definition) is 4. The van der Waals surface area contributed by atoms with Crippen LogP contribution in [0.3, 0.4) is 0 Å². The molecular formula is C23H29N3O2. The van der Waals surface area contributed by atoms with Crippen molar-refractivity contribution in [2.75, 3.05) is 25.0 Å². The van der Waals surface area contributed by atoms with E-state index in [1.165, 1.54) is 18.1 Å². The zero-order valence-corrected chi connectivity index (χ0v) is 16.5. The van der Waals surface area contributed by atoms with Crippen LogP contribution in [0.15, 0.2) is 48.7 Å². The van der Waals surface area contributed by atoms with Crippen LogP contribution < -0.4 is 5.32 Å². The van der Waals surface area contributed by atoms with Crippen LogP contribution in [0, 0.1) is 11.8 Å². The number of likely N-dealkylation sites (tertiary alicyclic amines) is 1. The van der Waals surface area contributed by atoms with Gasteiger partial charge in [0.1, 0.15) is 5.82 Å². The maximum atomic E-state index is 11.1. The minimum absolute atomic E-state index is 0.101. The standard InChI is InChI=1S/C23H29N3O2/c1-17(27)25-22-8-7-19(14-24-22)9-10-26-15-20-12-23(28,13-21(20)16-26)11-18-5-3-2-4-6-18/h2-8,14,20-21,28H,9-13,15-16H2,1H3,(H,24,25,27)/t20-,21+,23-. The maximum Gasteiger partial charge on any atom is 0.222 e. The molecule has 1 saturated heterocycles. The first-order chi connectivity index (χ1) is 13.5. The van der Waals surface area contributed by atoms with Gasteiger partial charge < -0.3 is 15.3 Å². The lowest BCUT2D eigenvalue weighted by Crippen LogP contribution is -2.32. The third-order valence-corrected chi connectivity index (χ3v) is 6.16. The molecule has 2 N–H and O–H groups in total. The van der Waals surface area contributed by atoms with Crippen molar-refractivity contribution in [3.05, 3.63) is 59.8 Å². The number of carbonyl (C=O) groups is 1. The summed E-state index contributed by atoms with van der Waals surface area (Å²) in [4.78, 5) is 17.9. The summed E-state index contributed by atoms with van der Waals surface area (Å²) in [5, 5.41) is 13.8. The van der Waals surface area contributed by atoms with E-state index in [2.05, 4.69) is 27.3 Å². The van der Waals surface area contributed by atoms with E-state index in [1.54, 1.807) is 0 Å². The van der Waals surface area contributed by atoms with E-state index in [4.69, 9.17) is 0 Å². The number of benzene rings is 1. The molecule has 2 fully saturated rings. The van der Waals surface area contributed by atoms with E-state index in [1.807, 2.05) is 36.5 Å². The first kappa shape index (κ1) is 19.1. The van der Waals surface area contributed by atoms with Crippen LogP contribution in [0.1, 0.15) is 30.9 Å². The molecule has 148 valence electrons. The Morgan fingerprint density at radius 2 is 1.86 bits per heavy atom. The Labute approximate surface area is 166 Å². The van der Waals surface area contributed by atoms with Gasteiger partial charge in [-0.2, -0.15) is 0 Å². The van der Waals surface area contributed by atoms with Crippen molar-refractivity contribution >= 4 is 11.7 Å². The van der Waals surface area contributed by atoms with Crippen molar-refractivity contribution in [3.8, 4) is 0 Å². The molecule has 0 spiro atoms. The van der Waals surface area contributed by atoms with E-state index in [0.29, 0.717) is 17.7 Å². The van der Waals surface area contributed by atoms with Crippen LogP contribution in [0.4, 0.5) is 5.82 Å². The maximum absolute atomic E-state index is 11.1. The van der Waals surface area contributed by atoms with E-state index in [0.717, 1.165) is 45.3 Å². The summed E-state index contributed by atoms with van der Waals surface area (Å²) in [5.41, 5.74) is 1.88. The highest BCUT2D eigenvalue weighted by atomic mass is 16.3. The number of nitrogens with zero attached hydrogens (tertiary/aromatic N) is 2. The molecule has 5 nitrogen and oxygen atoms in total. The third kappa shape index (κ3) is 4.59. The van der Waals surface area contributed by atoms with Crippen molar-refractivity contribution in [3.63, 3.8) is 0 Å². The Hall–Kier alpha value is -2.24. The minimum Gasteiger partial charge on any atom is -0.390 e. The van der Waals surface area contributed by atoms with Gasteiger partial charge >= 0.3 is 0 Å². The third-order valence-electron chi connectivity index (χ3n) is 6.16. The number of amides is 1. The van der Waals surface area contributed by atoms with Crippen LogP contribution in [-0.4, -0.2) is 46.1 Å². The number of pyridine rings is 1. The van der Waals surface area contributed by atoms with Gasteiger partial charge in [0.2, 0.25) is 5.91 Å². The molecule has 1 amide bonds. The van der Waals surface area contributed by atoms with Gasteiger partial charge in [0, 0.05) is 39.2 Å². The van der Waals surface area contributed by atoms with Crippen LogP contribution >= 0.6 is 0 Å². The second-order valence-electron chi connectivity index (χ2n) is 8.56. The van der Waals surface area contributed by atoms with E-state index >= 15 is 0 Å². The molecule has 2 aromatic rings. The molecule has 1 aromatic heterocycles. The van der Waals surface area contributed by atoms with Crippen molar-refractivity contribution < 1.29 is 9.90 Å². The number of aliphatic hydroxyl groups is 1. The summed E-state index contributed by atoms with van der Waals surface area (Å²) in [6, 6.07) is 14.2. The highest BCUT2D eigenvalue weighted by Crippen LogP contribution is 2.45. The zero-order valence-electron chi connectivity index (χ0n) is 16.5. The number of anilines is 1. The molecule has 0 bridgehead atoms. The number of nitrogens with one attached hydrogen (secondary N) is 1. The molecule has 3 atom stereocenters. The number of carbonyl (C=O) groups excluding carboxylic acids is 1. The molecule has 0 radical (unpaired) electrons. The Balaban J connectivity index is 1.25. The quantitative estimate of drug-likeness (QED) is 0.810. The zero-order chi connectivity index (χ0) is 19.6. The lowest BCUT2D eigenvalue weighted by atomic mass is 9.91. The van der Waals surface area contributed by atoms with Crippen LogP contribution in [0.5, 0.6) is 0 Å². The van der Waals surface area contributed by atoms with Gasteiger partial charge in [-0.3, -0.25) is 4.79 Å². The molecule has 4 rings (SSSR count). The Morgan fingerprint density at radius 3 is 2.46 bits per heavy atom. The Kier molecular flexibility index (Phi) is 5.47. The average Bonchev–Trinajstić information content (AvgIpc) is 3.15. The Bertz CT molecular complexity index is 792. The number of rotatable bonds is 6. The molecular weight excluding hydrogens is 350 g/mol. The lowest BCUT2D eigenvalue weighted by molar-refractivity contribution is -0.114. The van der Waals surface area contributed by atoms with Crippen molar-refractivity contribution in [1.29, 1.82) is 0 Å². The molecule has 1 aliphatic heterocycles. The fourth-order valence-electron chi connectivity index (χ4n) is 4.97. The first-order valence-electron chi connectivity index (χ1n) is 10.2. The summed E-state index contributed by atoms with van der Waals surface area (Å²) < 4.78 is 0. The van der Waals surface area contributed by atoms with Gasteiger partial charge in [-0.05, 0) is 48.3 Å². The molecule has 1 aromatic carbocycles. The monoisotopic (exact) mass is 379 g/mol. The van der Waals surface area contributed by atoms with Gasteiger partial charge in [0.05, 0.1) is 5.60 Å². The lowest BCUT2D eigenvalue weighted by Gasteiger charge is -2.26. The van der Waals surface area contributed by atoms with E-state index < -0.39 is 5.60 Å². The number of aromatic nitrogens is 1. The second kappa shape index (κ2) is 8.02. The molecule has 5 heteroatoms. The van der Waals surface area contributed by atoms with E-state index in [9.17, 15) is 9.90 Å². The van der Waals surface area contributed by atoms with Crippen LogP contribution in [-0.2, 0) is 17.6 Å². The normalized spacial score (nSPS) is 26.9. The van der Waals surface area contributed by atoms with Gasteiger partial charge in [-0.1, -0.05) is 36.4 Å². The molecule has 28 heavy (non-hydrogen) atoms. The molecule has 2 aliphatic rings. The number of fused-ring (bicyclic) bond motifs is 1. The second-order valence-corrected chi connectivity index (χ2v) is 8.56. The largest absolute Gasteiger partial charge is 0.390 e. The molecule has 1 aliphatic carbocycles. The van der Waals surface area contributed by atoms with Crippen LogP contribution in [0.25, 0.3) is 0 Å². The predicted octanol–water partition coefficient (Wildman–Crippen LogP) is 2.90. The molecule has 0 unspecified atom stereocenters. The van der Waals surface area contributed by atoms with Gasteiger partial charge in [-0.25, -0.2) is 4.98 Å². The topological polar surface area (TPSA) is 65.5 Å². The summed E-state index contributed by atoms with van der Waals surface area (Å²) in [6.45, 7) is 4.67. The van der Waals surface area contributed by atoms with Crippen LogP contribution in [0.2, 0.25) is 0 Å². The van der Waals surface area contributed by atoms with Crippen molar-refractivity contribution in [1.82, 2.24) is 9.88 Å². The summed E-state index contributed by atoms with van der Waals surface area (Å²) in [5.74, 6) is 1.71. The van der Waals surface area contributed by atoms with Gasteiger partial charge in [-0.15, -0.1) is 0 Å². The smallest absolute Gasteiger partial charge is 0.222 e. The first-order valence-corrected chi connectivity index (χ1v) is 10.2. The summed E-state index contributed by atoms with van der Waals surface area (Å²) in [7, 11) is 0. The summed E-state index contributed by atoms with van der Waals surface area (Å²) in [6.07, 6.45) is 5.40. The summed E-state index contributed by atoms with van der Waals surface area (Å²) >= 11 is 0. The van der Waals surface area contributed by atoms with Crippen molar-refractivity contribution in [2.45, 2.75) is 38.2 Å². The highest BCUT2D eigenvalue weighted by Gasteiger charge is 2.47.